The van der Waals surface area contributed by atoms with E-state index < -0.39 is 12.1 Å². The minimum absolute atomic E-state index is 0.218. The highest BCUT2D eigenvalue weighted by Gasteiger charge is 2.11. The Morgan fingerprint density at radius 2 is 2.18 bits per heavy atom. The van der Waals surface area contributed by atoms with Crippen molar-refractivity contribution in [1.29, 1.82) is 0 Å². The molecule has 1 amide bonds. The molecule has 0 heterocycles. The molecule has 0 aliphatic carbocycles. The van der Waals surface area contributed by atoms with Crippen LogP contribution in [0.25, 0.3) is 0 Å². The van der Waals surface area contributed by atoms with E-state index in [9.17, 15) is 9.59 Å². The van der Waals surface area contributed by atoms with E-state index in [0.717, 1.165) is 0 Å². The molecule has 0 radical (unpaired) electrons. The molecule has 5 heteroatoms. The zero-order valence-corrected chi connectivity index (χ0v) is 6.46. The lowest BCUT2D eigenvalue weighted by atomic mass is 10.4. The van der Waals surface area contributed by atoms with E-state index in [1.54, 1.807) is 0 Å². The molecule has 1 atom stereocenters. The van der Waals surface area contributed by atoms with Crippen LogP contribution < -0.4 is 5.32 Å². The van der Waals surface area contributed by atoms with E-state index in [4.69, 9.17) is 5.11 Å². The summed E-state index contributed by atoms with van der Waals surface area (Å²) in [5.41, 5.74) is 0. The largest absolute Gasteiger partial charge is 0.479 e. The summed E-state index contributed by atoms with van der Waals surface area (Å²) in [5.74, 6) is -1.41. The average Bonchev–Trinajstić information content (AvgIpc) is 1.99. The Hall–Kier alpha value is -1.10. The first-order valence-corrected chi connectivity index (χ1v) is 3.13. The molecule has 0 aromatic rings. The Bertz CT molecular complexity index is 157. The van der Waals surface area contributed by atoms with Crippen LogP contribution in [-0.2, 0) is 14.3 Å². The molecule has 0 aliphatic heterocycles. The lowest BCUT2D eigenvalue weighted by Gasteiger charge is -2.06. The Morgan fingerprint density at radius 3 is 2.55 bits per heavy atom. The number of carbonyl (C=O) groups excluding carboxylic acids is 1. The van der Waals surface area contributed by atoms with Crippen LogP contribution in [0.15, 0.2) is 0 Å². The lowest BCUT2D eigenvalue weighted by Crippen LogP contribution is -2.28. The van der Waals surface area contributed by atoms with Gasteiger partial charge in [-0.25, -0.2) is 4.79 Å². The molecule has 2 N–H and O–H groups in total. The van der Waals surface area contributed by atoms with Crippen LogP contribution in [0, 0.1) is 0 Å². The van der Waals surface area contributed by atoms with E-state index in [2.05, 4.69) is 10.1 Å². The Labute approximate surface area is 64.3 Å². The van der Waals surface area contributed by atoms with E-state index >= 15 is 0 Å². The number of aliphatic carboxylic acids is 1. The van der Waals surface area contributed by atoms with Gasteiger partial charge in [0.2, 0.25) is 5.91 Å². The van der Waals surface area contributed by atoms with Crippen molar-refractivity contribution < 1.29 is 19.4 Å². The summed E-state index contributed by atoms with van der Waals surface area (Å²) in [7, 11) is 1.46. The van der Waals surface area contributed by atoms with E-state index in [-0.39, 0.29) is 12.5 Å². The van der Waals surface area contributed by atoms with Crippen molar-refractivity contribution in [3.8, 4) is 0 Å². The van der Waals surface area contributed by atoms with Crippen molar-refractivity contribution in [3.63, 3.8) is 0 Å². The first kappa shape index (κ1) is 9.90. The number of likely N-dealkylation sites (N-methyl/N-ethyl adjacent to an activating group) is 1. The number of ether oxygens (including phenoxy) is 1. The number of amides is 1. The third-order valence-electron chi connectivity index (χ3n) is 1.09. The minimum atomic E-state index is -1.08. The van der Waals surface area contributed by atoms with Gasteiger partial charge in [-0.15, -0.1) is 0 Å². The van der Waals surface area contributed by atoms with Crippen LogP contribution in [0.5, 0.6) is 0 Å². The summed E-state index contributed by atoms with van der Waals surface area (Å²) < 4.78 is 4.64. The molecule has 64 valence electrons. The molecule has 11 heavy (non-hydrogen) atoms. The van der Waals surface area contributed by atoms with Gasteiger partial charge in [0, 0.05) is 7.05 Å². The molecule has 0 spiro atoms. The number of carboxylic acids is 1. The maximum Gasteiger partial charge on any atom is 0.332 e. The van der Waals surface area contributed by atoms with Crippen molar-refractivity contribution in [3.05, 3.63) is 0 Å². The summed E-state index contributed by atoms with van der Waals surface area (Å²) in [6.45, 7) is 1.15. The molecule has 0 unspecified atom stereocenters. The molecule has 0 aromatic carbocycles. The third kappa shape index (κ3) is 4.32. The van der Waals surface area contributed by atoms with Crippen molar-refractivity contribution in [2.24, 2.45) is 0 Å². The third-order valence-corrected chi connectivity index (χ3v) is 1.09. The highest BCUT2D eigenvalue weighted by atomic mass is 16.5. The zero-order valence-electron chi connectivity index (χ0n) is 6.46. The van der Waals surface area contributed by atoms with Gasteiger partial charge in [-0.3, -0.25) is 4.79 Å². The standard InChI is InChI=1S/C6H11NO4/c1-4(6(9)10)11-3-5(8)7-2/h4H,3H2,1-2H3,(H,7,8)(H,9,10)/t4-/m1/s1. The van der Waals surface area contributed by atoms with Crippen LogP contribution in [0.1, 0.15) is 6.92 Å². The Morgan fingerprint density at radius 1 is 1.64 bits per heavy atom. The van der Waals surface area contributed by atoms with Crippen molar-refractivity contribution in [2.75, 3.05) is 13.7 Å². The normalized spacial score (nSPS) is 12.2. The van der Waals surface area contributed by atoms with E-state index in [1.165, 1.54) is 14.0 Å². The van der Waals surface area contributed by atoms with Gasteiger partial charge < -0.3 is 15.2 Å². The average molecular weight is 161 g/mol. The van der Waals surface area contributed by atoms with Crippen molar-refractivity contribution in [2.45, 2.75) is 13.0 Å². The van der Waals surface area contributed by atoms with Gasteiger partial charge in [-0.2, -0.15) is 0 Å². The van der Waals surface area contributed by atoms with Crippen LogP contribution in [0.2, 0.25) is 0 Å². The summed E-state index contributed by atoms with van der Waals surface area (Å²) in [5, 5.41) is 10.6. The number of rotatable bonds is 4. The van der Waals surface area contributed by atoms with Crippen LogP contribution in [-0.4, -0.2) is 36.7 Å². The number of nitrogens with one attached hydrogen (secondary N) is 1. The molecule has 0 fully saturated rings. The monoisotopic (exact) mass is 161 g/mol. The Balaban J connectivity index is 3.54. The SMILES string of the molecule is CNC(=O)CO[C@H](C)C(=O)O. The highest BCUT2D eigenvalue weighted by Crippen LogP contribution is 1.88. The summed E-state index contributed by atoms with van der Waals surface area (Å²) in [6, 6.07) is 0. The maximum absolute atomic E-state index is 10.5. The van der Waals surface area contributed by atoms with E-state index in [1.807, 2.05) is 0 Å². The Kier molecular flexibility index (Phi) is 4.21. The second kappa shape index (κ2) is 4.68. The molecular formula is C6H11NO4. The zero-order chi connectivity index (χ0) is 8.85. The highest BCUT2D eigenvalue weighted by molar-refractivity contribution is 5.77. The number of hydrogen-bond donors (Lipinski definition) is 2. The fourth-order valence-electron chi connectivity index (χ4n) is 0.344. The molecule has 0 rings (SSSR count). The van der Waals surface area contributed by atoms with Crippen molar-refractivity contribution in [1.82, 2.24) is 5.32 Å². The summed E-state index contributed by atoms with van der Waals surface area (Å²) >= 11 is 0. The smallest absolute Gasteiger partial charge is 0.332 e. The van der Waals surface area contributed by atoms with Crippen LogP contribution in [0.4, 0.5) is 0 Å². The molecule has 0 bridgehead atoms. The van der Waals surface area contributed by atoms with Gasteiger partial charge >= 0.3 is 5.97 Å². The molecule has 0 saturated carbocycles. The number of carbonyl (C=O) groups is 2. The topological polar surface area (TPSA) is 75.6 Å². The number of hydrogen-bond acceptors (Lipinski definition) is 3. The molecule has 0 saturated heterocycles. The summed E-state index contributed by atoms with van der Waals surface area (Å²) in [4.78, 5) is 20.7. The van der Waals surface area contributed by atoms with Crippen LogP contribution in [0.3, 0.4) is 0 Å². The second-order valence-electron chi connectivity index (χ2n) is 1.96. The molecular weight excluding hydrogens is 150 g/mol. The van der Waals surface area contributed by atoms with E-state index in [0.29, 0.717) is 0 Å². The fraction of sp³-hybridized carbons (Fsp3) is 0.667. The van der Waals surface area contributed by atoms with Gasteiger partial charge in [0.1, 0.15) is 6.61 Å². The van der Waals surface area contributed by atoms with Crippen molar-refractivity contribution >= 4 is 11.9 Å². The van der Waals surface area contributed by atoms with Gasteiger partial charge in [-0.05, 0) is 6.92 Å². The first-order valence-electron chi connectivity index (χ1n) is 3.13. The minimum Gasteiger partial charge on any atom is -0.479 e. The predicted molar refractivity (Wildman–Crippen MR) is 37.1 cm³/mol. The number of carboxylic acid groups (broad SMARTS) is 1. The van der Waals surface area contributed by atoms with Gasteiger partial charge in [-0.1, -0.05) is 0 Å². The van der Waals surface area contributed by atoms with Gasteiger partial charge in [0.05, 0.1) is 0 Å². The predicted octanol–water partition coefficient (Wildman–Crippen LogP) is -0.778. The van der Waals surface area contributed by atoms with Crippen LogP contribution >= 0.6 is 0 Å². The van der Waals surface area contributed by atoms with Gasteiger partial charge in [0.25, 0.3) is 0 Å². The summed E-state index contributed by atoms with van der Waals surface area (Å²) in [6.07, 6.45) is -0.938. The molecule has 0 aliphatic rings. The quantitative estimate of drug-likeness (QED) is 0.567. The first-order chi connectivity index (χ1) is 5.07. The second-order valence-corrected chi connectivity index (χ2v) is 1.96. The fourth-order valence-corrected chi connectivity index (χ4v) is 0.344. The lowest BCUT2D eigenvalue weighted by molar-refractivity contribution is -0.150. The molecule has 0 aromatic heterocycles. The molecule has 5 nitrogen and oxygen atoms in total. The maximum atomic E-state index is 10.5. The van der Waals surface area contributed by atoms with Gasteiger partial charge in [0.15, 0.2) is 6.10 Å².